The number of amides is 1. The first-order chi connectivity index (χ1) is 8.15. The molecule has 0 aromatic heterocycles. The summed E-state index contributed by atoms with van der Waals surface area (Å²) < 4.78 is 23.0. The molecular weight excluding hydrogens is 227 g/mol. The molecule has 0 unspecified atom stereocenters. The number of nitrogens with one attached hydrogen (secondary N) is 1. The second kappa shape index (κ2) is 6.70. The Morgan fingerprint density at radius 1 is 1.53 bits per heavy atom. The van der Waals surface area contributed by atoms with Crippen molar-refractivity contribution < 1.29 is 18.7 Å². The summed E-state index contributed by atoms with van der Waals surface area (Å²) in [6.07, 6.45) is -0.820. The number of hydrogen-bond donors (Lipinski definition) is 2. The average molecular weight is 242 g/mol. The number of rotatable bonds is 6. The van der Waals surface area contributed by atoms with Gasteiger partial charge in [-0.15, -0.1) is 0 Å². The number of carbonyl (C=O) groups excluding carboxylic acids is 1. The number of primary amides is 1. The molecule has 0 radical (unpaired) electrons. The zero-order chi connectivity index (χ0) is 12.7. The lowest BCUT2D eigenvalue weighted by atomic mass is 10.2. The summed E-state index contributed by atoms with van der Waals surface area (Å²) in [5.41, 5.74) is 5.27. The summed E-state index contributed by atoms with van der Waals surface area (Å²) in [6.45, 7) is 0.881. The number of halogens is 1. The third-order valence-electron chi connectivity index (χ3n) is 2.10. The Morgan fingerprint density at radius 3 is 2.94 bits per heavy atom. The second-order valence-electron chi connectivity index (χ2n) is 3.28. The molecule has 0 saturated heterocycles. The minimum absolute atomic E-state index is 0.154. The Kier molecular flexibility index (Phi) is 5.22. The number of carbonyl (C=O) groups is 1. The molecule has 0 bridgehead atoms. The van der Waals surface area contributed by atoms with E-state index in [9.17, 15) is 9.18 Å². The number of hydrogen-bond acceptors (Lipinski definition) is 4. The molecule has 0 aliphatic rings. The second-order valence-corrected chi connectivity index (χ2v) is 3.28. The lowest BCUT2D eigenvalue weighted by Crippen LogP contribution is -2.23. The predicted molar refractivity (Wildman–Crippen MR) is 60.2 cm³/mol. The van der Waals surface area contributed by atoms with Gasteiger partial charge in [0.1, 0.15) is 6.61 Å². The van der Waals surface area contributed by atoms with E-state index in [4.69, 9.17) is 10.5 Å². The van der Waals surface area contributed by atoms with Crippen LogP contribution in [-0.4, -0.2) is 26.4 Å². The van der Waals surface area contributed by atoms with E-state index < -0.39 is 11.9 Å². The first-order valence-electron chi connectivity index (χ1n) is 5.09. The Balaban J connectivity index is 2.39. The molecule has 1 aromatic carbocycles. The summed E-state index contributed by atoms with van der Waals surface area (Å²) in [5, 5.41) is 2.92. The van der Waals surface area contributed by atoms with Gasteiger partial charge in [0.05, 0.1) is 7.11 Å². The van der Waals surface area contributed by atoms with Gasteiger partial charge in [-0.05, 0) is 6.07 Å². The SMILES string of the molecule is COc1cccc(CNCCOC(N)=O)c1F. The fraction of sp³-hybridized carbons (Fsp3) is 0.364. The van der Waals surface area contributed by atoms with Gasteiger partial charge in [0.25, 0.3) is 0 Å². The normalized spacial score (nSPS) is 10.0. The molecule has 0 aliphatic carbocycles. The van der Waals surface area contributed by atoms with Gasteiger partial charge in [-0.1, -0.05) is 12.1 Å². The van der Waals surface area contributed by atoms with Crippen LogP contribution >= 0.6 is 0 Å². The van der Waals surface area contributed by atoms with Crippen LogP contribution < -0.4 is 15.8 Å². The molecule has 6 heteroatoms. The number of nitrogens with two attached hydrogens (primary N) is 1. The van der Waals surface area contributed by atoms with Gasteiger partial charge in [-0.2, -0.15) is 0 Å². The highest BCUT2D eigenvalue weighted by Gasteiger charge is 2.07. The molecule has 17 heavy (non-hydrogen) atoms. The fourth-order valence-corrected chi connectivity index (χ4v) is 1.30. The van der Waals surface area contributed by atoms with E-state index in [0.717, 1.165) is 0 Å². The third-order valence-corrected chi connectivity index (χ3v) is 2.10. The molecule has 1 rings (SSSR count). The summed E-state index contributed by atoms with van der Waals surface area (Å²) in [7, 11) is 1.41. The van der Waals surface area contributed by atoms with Crippen LogP contribution in [0.5, 0.6) is 5.75 Å². The first kappa shape index (κ1) is 13.2. The standard InChI is InChI=1S/C11H15FN2O3/c1-16-9-4-2-3-8(10(9)12)7-14-5-6-17-11(13)15/h2-4,14H,5-7H2,1H3,(H2,13,15). The topological polar surface area (TPSA) is 73.6 Å². The molecule has 94 valence electrons. The Bertz CT molecular complexity index is 385. The third kappa shape index (κ3) is 4.28. The highest BCUT2D eigenvalue weighted by atomic mass is 19.1. The zero-order valence-corrected chi connectivity index (χ0v) is 9.53. The molecule has 3 N–H and O–H groups in total. The number of methoxy groups -OCH3 is 1. The van der Waals surface area contributed by atoms with Gasteiger partial charge in [0.2, 0.25) is 0 Å². The monoisotopic (exact) mass is 242 g/mol. The van der Waals surface area contributed by atoms with Crippen LogP contribution in [0.4, 0.5) is 9.18 Å². The van der Waals surface area contributed by atoms with Crippen LogP contribution in [0, 0.1) is 5.82 Å². The first-order valence-corrected chi connectivity index (χ1v) is 5.09. The van der Waals surface area contributed by atoms with E-state index in [1.54, 1.807) is 18.2 Å². The minimum atomic E-state index is -0.820. The lowest BCUT2D eigenvalue weighted by molar-refractivity contribution is 0.157. The van der Waals surface area contributed by atoms with Gasteiger partial charge >= 0.3 is 6.09 Å². The van der Waals surface area contributed by atoms with Gasteiger partial charge in [-0.25, -0.2) is 9.18 Å². The van der Waals surface area contributed by atoms with Crippen molar-refractivity contribution in [1.29, 1.82) is 0 Å². The van der Waals surface area contributed by atoms with Crippen molar-refractivity contribution >= 4 is 6.09 Å². The maximum Gasteiger partial charge on any atom is 0.404 e. The minimum Gasteiger partial charge on any atom is -0.494 e. The van der Waals surface area contributed by atoms with Crippen LogP contribution in [0.3, 0.4) is 0 Å². The molecule has 0 spiro atoms. The van der Waals surface area contributed by atoms with E-state index in [0.29, 0.717) is 18.7 Å². The van der Waals surface area contributed by atoms with Gasteiger partial charge in [-0.3, -0.25) is 0 Å². The Morgan fingerprint density at radius 2 is 2.29 bits per heavy atom. The quantitative estimate of drug-likeness (QED) is 0.730. The van der Waals surface area contributed by atoms with Crippen molar-refractivity contribution in [3.05, 3.63) is 29.6 Å². The van der Waals surface area contributed by atoms with Gasteiger partial charge in [0.15, 0.2) is 11.6 Å². The molecule has 5 nitrogen and oxygen atoms in total. The van der Waals surface area contributed by atoms with E-state index in [2.05, 4.69) is 10.1 Å². The molecule has 0 saturated carbocycles. The van der Waals surface area contributed by atoms with Crippen LogP contribution in [0.2, 0.25) is 0 Å². The van der Waals surface area contributed by atoms with Crippen molar-refractivity contribution in [2.45, 2.75) is 6.54 Å². The van der Waals surface area contributed by atoms with E-state index in [1.165, 1.54) is 7.11 Å². The molecule has 0 atom stereocenters. The fourth-order valence-electron chi connectivity index (χ4n) is 1.30. The summed E-state index contributed by atoms with van der Waals surface area (Å²) >= 11 is 0. The molecule has 1 aromatic rings. The van der Waals surface area contributed by atoms with Crippen LogP contribution in [-0.2, 0) is 11.3 Å². The molecular formula is C11H15FN2O3. The summed E-state index contributed by atoms with van der Waals surface area (Å²) in [4.78, 5) is 10.3. The summed E-state index contributed by atoms with van der Waals surface area (Å²) in [5.74, 6) is -0.184. The number of ether oxygens (including phenoxy) is 2. The highest BCUT2D eigenvalue weighted by Crippen LogP contribution is 2.19. The Labute approximate surface area is 98.7 Å². The maximum absolute atomic E-state index is 13.6. The lowest BCUT2D eigenvalue weighted by Gasteiger charge is -2.08. The Hall–Kier alpha value is -1.82. The van der Waals surface area contributed by atoms with E-state index in [-0.39, 0.29) is 12.4 Å². The average Bonchev–Trinajstić information content (AvgIpc) is 2.30. The van der Waals surface area contributed by atoms with Gasteiger partial charge in [0, 0.05) is 18.7 Å². The molecule has 1 amide bonds. The summed E-state index contributed by atoms with van der Waals surface area (Å²) in [6, 6.07) is 4.91. The molecule has 0 aliphatic heterocycles. The van der Waals surface area contributed by atoms with Crippen LogP contribution in [0.1, 0.15) is 5.56 Å². The largest absolute Gasteiger partial charge is 0.494 e. The van der Waals surface area contributed by atoms with Gasteiger partial charge < -0.3 is 20.5 Å². The van der Waals surface area contributed by atoms with Crippen molar-refractivity contribution in [1.82, 2.24) is 5.32 Å². The molecule has 0 heterocycles. The maximum atomic E-state index is 13.6. The smallest absolute Gasteiger partial charge is 0.404 e. The van der Waals surface area contributed by atoms with E-state index >= 15 is 0 Å². The number of benzene rings is 1. The predicted octanol–water partition coefficient (Wildman–Crippen LogP) is 1.02. The van der Waals surface area contributed by atoms with Crippen molar-refractivity contribution in [3.63, 3.8) is 0 Å². The van der Waals surface area contributed by atoms with Crippen molar-refractivity contribution in [2.75, 3.05) is 20.3 Å². The van der Waals surface area contributed by atoms with Crippen LogP contribution in [0.25, 0.3) is 0 Å². The molecule has 0 fully saturated rings. The highest BCUT2D eigenvalue weighted by molar-refractivity contribution is 5.64. The van der Waals surface area contributed by atoms with Crippen molar-refractivity contribution in [3.8, 4) is 5.75 Å². The van der Waals surface area contributed by atoms with Crippen LogP contribution in [0.15, 0.2) is 18.2 Å². The zero-order valence-electron chi connectivity index (χ0n) is 9.53. The van der Waals surface area contributed by atoms with Crippen molar-refractivity contribution in [2.24, 2.45) is 5.73 Å². The van der Waals surface area contributed by atoms with E-state index in [1.807, 2.05) is 0 Å².